The molecule has 0 fully saturated rings. The van der Waals surface area contributed by atoms with Crippen LogP contribution in [0.3, 0.4) is 0 Å². The van der Waals surface area contributed by atoms with Crippen molar-refractivity contribution in [1.82, 2.24) is 5.32 Å². The van der Waals surface area contributed by atoms with E-state index in [1.165, 1.54) is 0 Å². The van der Waals surface area contributed by atoms with Crippen LogP contribution in [0.15, 0.2) is 24.3 Å². The molecule has 0 bridgehead atoms. The van der Waals surface area contributed by atoms with E-state index in [0.29, 0.717) is 13.0 Å². The van der Waals surface area contributed by atoms with Crippen molar-refractivity contribution in [3.63, 3.8) is 0 Å². The maximum atomic E-state index is 14.1. The molecule has 1 N–H and O–H groups in total. The van der Waals surface area contributed by atoms with Crippen LogP contribution in [0.25, 0.3) is 0 Å². The average molecular weight is 195 g/mol. The molecular weight excluding hydrogens is 177 g/mol. The van der Waals surface area contributed by atoms with Gasteiger partial charge in [-0.3, -0.25) is 0 Å². The fraction of sp³-hybridized carbons (Fsp3) is 0.500. The van der Waals surface area contributed by atoms with E-state index in [9.17, 15) is 4.39 Å². The minimum atomic E-state index is -1.23. The maximum Gasteiger partial charge on any atom is 0.134 e. The number of hydrogen-bond donors (Lipinski definition) is 1. The summed E-state index contributed by atoms with van der Waals surface area (Å²) in [5.41, 5.74) is 0.702. The molecule has 0 radical (unpaired) electrons. The molecule has 1 aromatic carbocycles. The second-order valence-corrected chi connectivity index (χ2v) is 3.92. The summed E-state index contributed by atoms with van der Waals surface area (Å²) in [7, 11) is 1.84. The molecule has 1 nitrogen and oxygen atoms in total. The standard InChI is InChI=1S/C12H18FN/c1-10-4-6-11(7-5-10)12(2,13)8-9-14-3/h4-7,14H,8-9H2,1-3H3. The summed E-state index contributed by atoms with van der Waals surface area (Å²) in [5, 5.41) is 2.96. The number of hydrogen-bond acceptors (Lipinski definition) is 1. The number of halogens is 1. The second kappa shape index (κ2) is 4.56. The summed E-state index contributed by atoms with van der Waals surface area (Å²) in [4.78, 5) is 0. The van der Waals surface area contributed by atoms with Crippen molar-refractivity contribution in [3.8, 4) is 0 Å². The molecule has 2 heteroatoms. The average Bonchev–Trinajstić information content (AvgIpc) is 2.16. The molecule has 1 unspecified atom stereocenters. The van der Waals surface area contributed by atoms with E-state index < -0.39 is 5.67 Å². The smallest absolute Gasteiger partial charge is 0.134 e. The molecule has 0 spiro atoms. The Morgan fingerprint density at radius 1 is 1.29 bits per heavy atom. The van der Waals surface area contributed by atoms with Crippen LogP contribution in [0.4, 0.5) is 4.39 Å². The van der Waals surface area contributed by atoms with Crippen molar-refractivity contribution in [1.29, 1.82) is 0 Å². The number of aryl methyl sites for hydroxylation is 1. The van der Waals surface area contributed by atoms with Crippen molar-refractivity contribution in [2.75, 3.05) is 13.6 Å². The Morgan fingerprint density at radius 2 is 1.86 bits per heavy atom. The molecule has 0 amide bonds. The number of rotatable bonds is 4. The third kappa shape index (κ3) is 2.81. The number of benzene rings is 1. The zero-order valence-electron chi connectivity index (χ0n) is 9.10. The lowest BCUT2D eigenvalue weighted by Gasteiger charge is -2.20. The van der Waals surface area contributed by atoms with Gasteiger partial charge in [-0.05, 0) is 39.4 Å². The first-order chi connectivity index (χ1) is 6.56. The summed E-state index contributed by atoms with van der Waals surface area (Å²) in [6.07, 6.45) is 0.507. The third-order valence-electron chi connectivity index (χ3n) is 2.50. The predicted molar refractivity (Wildman–Crippen MR) is 58.2 cm³/mol. The third-order valence-corrected chi connectivity index (χ3v) is 2.50. The van der Waals surface area contributed by atoms with Crippen LogP contribution in [0.5, 0.6) is 0 Å². The topological polar surface area (TPSA) is 12.0 Å². The quantitative estimate of drug-likeness (QED) is 0.779. The van der Waals surface area contributed by atoms with Crippen molar-refractivity contribution in [3.05, 3.63) is 35.4 Å². The monoisotopic (exact) mass is 195 g/mol. The van der Waals surface area contributed by atoms with E-state index in [1.807, 2.05) is 38.2 Å². The maximum absolute atomic E-state index is 14.1. The lowest BCUT2D eigenvalue weighted by molar-refractivity contribution is 0.177. The van der Waals surface area contributed by atoms with Gasteiger partial charge in [0.25, 0.3) is 0 Å². The highest BCUT2D eigenvalue weighted by atomic mass is 19.1. The summed E-state index contributed by atoms with van der Waals surface area (Å²) in [6.45, 7) is 4.34. The highest BCUT2D eigenvalue weighted by Crippen LogP contribution is 2.28. The van der Waals surface area contributed by atoms with Crippen LogP contribution in [0, 0.1) is 6.92 Å². The first-order valence-electron chi connectivity index (χ1n) is 4.97. The van der Waals surface area contributed by atoms with Crippen molar-refractivity contribution < 1.29 is 4.39 Å². The zero-order valence-corrected chi connectivity index (χ0v) is 9.10. The first kappa shape index (κ1) is 11.2. The number of alkyl halides is 1. The van der Waals surface area contributed by atoms with Gasteiger partial charge in [0.2, 0.25) is 0 Å². The molecule has 0 heterocycles. The van der Waals surface area contributed by atoms with Crippen LogP contribution < -0.4 is 5.32 Å². The Hall–Kier alpha value is -0.890. The van der Waals surface area contributed by atoms with E-state index in [-0.39, 0.29) is 0 Å². The van der Waals surface area contributed by atoms with Gasteiger partial charge in [-0.25, -0.2) is 4.39 Å². The molecule has 0 aromatic heterocycles. The van der Waals surface area contributed by atoms with Crippen LogP contribution in [-0.4, -0.2) is 13.6 Å². The fourth-order valence-corrected chi connectivity index (χ4v) is 1.41. The fourth-order valence-electron chi connectivity index (χ4n) is 1.41. The minimum Gasteiger partial charge on any atom is -0.320 e. The normalized spacial score (nSPS) is 15.1. The SMILES string of the molecule is CNCCC(C)(F)c1ccc(C)cc1. The summed E-state index contributed by atoms with van der Waals surface area (Å²) in [6, 6.07) is 7.63. The van der Waals surface area contributed by atoms with Gasteiger partial charge in [-0.2, -0.15) is 0 Å². The van der Waals surface area contributed by atoms with Gasteiger partial charge in [0.1, 0.15) is 5.67 Å². The van der Waals surface area contributed by atoms with Gasteiger partial charge in [-0.1, -0.05) is 29.8 Å². The van der Waals surface area contributed by atoms with Gasteiger partial charge < -0.3 is 5.32 Å². The highest BCUT2D eigenvalue weighted by molar-refractivity contribution is 5.26. The number of nitrogens with one attached hydrogen (secondary N) is 1. The lowest BCUT2D eigenvalue weighted by atomic mass is 9.94. The Bertz CT molecular complexity index is 277. The lowest BCUT2D eigenvalue weighted by Crippen LogP contribution is -2.22. The van der Waals surface area contributed by atoms with Crippen LogP contribution in [0.1, 0.15) is 24.5 Å². The van der Waals surface area contributed by atoms with Crippen molar-refractivity contribution in [2.24, 2.45) is 0 Å². The molecule has 0 aliphatic carbocycles. The summed E-state index contributed by atoms with van der Waals surface area (Å²) < 4.78 is 14.1. The Labute approximate surface area is 85.3 Å². The Balaban J connectivity index is 2.75. The highest BCUT2D eigenvalue weighted by Gasteiger charge is 2.24. The largest absolute Gasteiger partial charge is 0.320 e. The first-order valence-corrected chi connectivity index (χ1v) is 4.97. The Morgan fingerprint density at radius 3 is 2.36 bits per heavy atom. The van der Waals surface area contributed by atoms with Gasteiger partial charge in [0, 0.05) is 0 Å². The van der Waals surface area contributed by atoms with E-state index in [0.717, 1.165) is 11.1 Å². The second-order valence-electron chi connectivity index (χ2n) is 3.92. The van der Waals surface area contributed by atoms with Gasteiger partial charge in [0.05, 0.1) is 0 Å². The molecule has 0 aliphatic rings. The zero-order chi connectivity index (χ0) is 10.6. The molecule has 0 saturated carbocycles. The van der Waals surface area contributed by atoms with E-state index in [1.54, 1.807) is 6.92 Å². The van der Waals surface area contributed by atoms with Crippen molar-refractivity contribution in [2.45, 2.75) is 25.9 Å². The van der Waals surface area contributed by atoms with Crippen molar-refractivity contribution >= 4 is 0 Å². The minimum absolute atomic E-state index is 0.507. The predicted octanol–water partition coefficient (Wildman–Crippen LogP) is 2.79. The molecule has 1 rings (SSSR count). The molecule has 1 aromatic rings. The van der Waals surface area contributed by atoms with Gasteiger partial charge >= 0.3 is 0 Å². The molecule has 0 aliphatic heterocycles. The molecule has 78 valence electrons. The van der Waals surface area contributed by atoms with Crippen LogP contribution >= 0.6 is 0 Å². The summed E-state index contributed by atoms with van der Waals surface area (Å²) >= 11 is 0. The van der Waals surface area contributed by atoms with E-state index in [4.69, 9.17) is 0 Å². The summed E-state index contributed by atoms with van der Waals surface area (Å²) in [5.74, 6) is 0. The molecule has 1 atom stereocenters. The van der Waals surface area contributed by atoms with E-state index in [2.05, 4.69) is 5.32 Å². The van der Waals surface area contributed by atoms with Gasteiger partial charge in [-0.15, -0.1) is 0 Å². The molecular formula is C12H18FN. The van der Waals surface area contributed by atoms with Crippen LogP contribution in [0.2, 0.25) is 0 Å². The van der Waals surface area contributed by atoms with Gasteiger partial charge in [0.15, 0.2) is 0 Å². The Kier molecular flexibility index (Phi) is 3.64. The molecule has 14 heavy (non-hydrogen) atoms. The van der Waals surface area contributed by atoms with E-state index >= 15 is 0 Å². The molecule has 0 saturated heterocycles. The van der Waals surface area contributed by atoms with Crippen LogP contribution in [-0.2, 0) is 5.67 Å².